The van der Waals surface area contributed by atoms with Gasteiger partial charge in [-0.25, -0.2) is 0 Å². The Labute approximate surface area is 129 Å². The molecule has 1 unspecified atom stereocenters. The van der Waals surface area contributed by atoms with Crippen LogP contribution in [0.2, 0.25) is 0 Å². The Hall–Kier alpha value is -0.170. The Balaban J connectivity index is 1.55. The molecule has 0 aromatic rings. The first-order chi connectivity index (χ1) is 10.0. The second kappa shape index (κ2) is 6.14. The van der Waals surface area contributed by atoms with Crippen molar-refractivity contribution in [1.29, 1.82) is 0 Å². The van der Waals surface area contributed by atoms with Gasteiger partial charge in [0.15, 0.2) is 0 Å². The van der Waals surface area contributed by atoms with E-state index in [0.29, 0.717) is 25.0 Å². The molecule has 2 saturated carbocycles. The van der Waals surface area contributed by atoms with E-state index in [2.05, 4.69) is 17.0 Å². The van der Waals surface area contributed by atoms with Gasteiger partial charge in [0.25, 0.3) is 10.2 Å². The summed E-state index contributed by atoms with van der Waals surface area (Å²) in [6, 6.07) is 0.702. The van der Waals surface area contributed by atoms with Gasteiger partial charge in [0.05, 0.1) is 0 Å². The molecule has 0 spiro atoms. The summed E-state index contributed by atoms with van der Waals surface area (Å²) in [5.41, 5.74) is -0.155. The summed E-state index contributed by atoms with van der Waals surface area (Å²) in [6.07, 6.45) is 8.72. The van der Waals surface area contributed by atoms with Gasteiger partial charge in [-0.2, -0.15) is 17.4 Å². The molecular formula is C15H29N3O2S. The Morgan fingerprint density at radius 2 is 1.95 bits per heavy atom. The normalized spacial score (nSPS) is 30.0. The predicted molar refractivity (Wildman–Crippen MR) is 84.3 cm³/mol. The minimum absolute atomic E-state index is 0.155. The number of nitrogens with one attached hydrogen (secondary N) is 2. The third-order valence-corrected chi connectivity index (χ3v) is 7.13. The predicted octanol–water partition coefficient (Wildman–Crippen LogP) is 1.62. The van der Waals surface area contributed by atoms with Gasteiger partial charge >= 0.3 is 0 Å². The van der Waals surface area contributed by atoms with Crippen LogP contribution in [-0.2, 0) is 10.2 Å². The van der Waals surface area contributed by atoms with E-state index in [1.807, 2.05) is 0 Å². The van der Waals surface area contributed by atoms with Crippen LogP contribution in [0, 0.1) is 5.92 Å². The summed E-state index contributed by atoms with van der Waals surface area (Å²) in [4.78, 5) is 0. The van der Waals surface area contributed by atoms with E-state index in [9.17, 15) is 8.42 Å². The van der Waals surface area contributed by atoms with E-state index < -0.39 is 10.2 Å². The minimum atomic E-state index is -3.31. The number of nitrogens with zero attached hydrogens (tertiary/aromatic N) is 1. The average molecular weight is 315 g/mol. The molecule has 0 bridgehead atoms. The second-order valence-electron chi connectivity index (χ2n) is 7.14. The van der Waals surface area contributed by atoms with Crippen molar-refractivity contribution in [3.63, 3.8) is 0 Å². The zero-order chi connectivity index (χ0) is 14.9. The smallest absolute Gasteiger partial charge is 0.279 e. The standard InChI is InChI=1S/C15H29N3O2S/c1-2-15(8-4-9-15)17-21(19,20)18-10-3-5-13(12-18)11-16-14-6-7-14/h13-14,16-17H,2-12H2,1H3. The maximum atomic E-state index is 12.6. The van der Waals surface area contributed by atoms with Crippen molar-refractivity contribution in [3.8, 4) is 0 Å². The van der Waals surface area contributed by atoms with E-state index in [1.165, 1.54) is 12.8 Å². The van der Waals surface area contributed by atoms with Gasteiger partial charge in [-0.1, -0.05) is 6.92 Å². The Kier molecular flexibility index (Phi) is 4.60. The molecule has 3 fully saturated rings. The average Bonchev–Trinajstić information content (AvgIpc) is 3.25. The van der Waals surface area contributed by atoms with Crippen LogP contribution in [0.4, 0.5) is 0 Å². The molecule has 5 nitrogen and oxygen atoms in total. The van der Waals surface area contributed by atoms with Crippen molar-refractivity contribution in [3.05, 3.63) is 0 Å². The van der Waals surface area contributed by atoms with Crippen molar-refractivity contribution in [2.75, 3.05) is 19.6 Å². The fraction of sp³-hybridized carbons (Fsp3) is 1.00. The lowest BCUT2D eigenvalue weighted by Crippen LogP contribution is -2.58. The lowest BCUT2D eigenvalue weighted by Gasteiger charge is -2.43. The van der Waals surface area contributed by atoms with Gasteiger partial charge in [0.2, 0.25) is 0 Å². The van der Waals surface area contributed by atoms with Crippen molar-refractivity contribution in [1.82, 2.24) is 14.3 Å². The molecule has 21 heavy (non-hydrogen) atoms. The van der Waals surface area contributed by atoms with Gasteiger partial charge < -0.3 is 5.32 Å². The fourth-order valence-corrected chi connectivity index (χ4v) is 5.30. The third-order valence-electron chi connectivity index (χ3n) is 5.43. The first-order valence-electron chi connectivity index (χ1n) is 8.55. The largest absolute Gasteiger partial charge is 0.314 e. The highest BCUT2D eigenvalue weighted by Gasteiger charge is 2.41. The van der Waals surface area contributed by atoms with Gasteiger partial charge in [-0.05, 0) is 63.8 Å². The maximum absolute atomic E-state index is 12.6. The topological polar surface area (TPSA) is 61.4 Å². The van der Waals surface area contributed by atoms with Crippen LogP contribution in [0.25, 0.3) is 0 Å². The molecule has 2 aliphatic carbocycles. The van der Waals surface area contributed by atoms with E-state index >= 15 is 0 Å². The van der Waals surface area contributed by atoms with Crippen LogP contribution in [0.15, 0.2) is 0 Å². The molecule has 6 heteroatoms. The molecule has 0 amide bonds. The Bertz CT molecular complexity index is 452. The Morgan fingerprint density at radius 3 is 2.52 bits per heavy atom. The van der Waals surface area contributed by atoms with Crippen LogP contribution in [0.3, 0.4) is 0 Å². The number of hydrogen-bond donors (Lipinski definition) is 2. The van der Waals surface area contributed by atoms with Gasteiger partial charge in [-0.15, -0.1) is 0 Å². The molecule has 1 saturated heterocycles. The molecule has 1 aliphatic heterocycles. The number of piperidine rings is 1. The zero-order valence-corrected chi connectivity index (χ0v) is 13.9. The highest BCUT2D eigenvalue weighted by molar-refractivity contribution is 7.87. The molecule has 1 heterocycles. The van der Waals surface area contributed by atoms with Gasteiger partial charge in [0, 0.05) is 24.7 Å². The van der Waals surface area contributed by atoms with E-state index in [1.54, 1.807) is 4.31 Å². The van der Waals surface area contributed by atoms with Crippen LogP contribution < -0.4 is 10.0 Å². The SMILES string of the molecule is CCC1(NS(=O)(=O)N2CCCC(CNC3CC3)C2)CCC1. The highest BCUT2D eigenvalue weighted by atomic mass is 32.2. The quantitative estimate of drug-likeness (QED) is 0.750. The molecule has 3 rings (SSSR count). The van der Waals surface area contributed by atoms with E-state index in [0.717, 1.165) is 45.1 Å². The summed E-state index contributed by atoms with van der Waals surface area (Å²) < 4.78 is 30.0. The van der Waals surface area contributed by atoms with Crippen molar-refractivity contribution in [2.24, 2.45) is 5.92 Å². The first kappa shape index (κ1) is 15.7. The van der Waals surface area contributed by atoms with Gasteiger partial charge in [0.1, 0.15) is 0 Å². The molecule has 122 valence electrons. The molecular weight excluding hydrogens is 286 g/mol. The maximum Gasteiger partial charge on any atom is 0.279 e. The number of rotatable bonds is 7. The molecule has 0 radical (unpaired) electrons. The number of hydrogen-bond acceptors (Lipinski definition) is 3. The molecule has 0 aromatic heterocycles. The van der Waals surface area contributed by atoms with E-state index in [-0.39, 0.29) is 5.54 Å². The molecule has 2 N–H and O–H groups in total. The Morgan fingerprint density at radius 1 is 1.19 bits per heavy atom. The summed E-state index contributed by atoms with van der Waals surface area (Å²) in [5, 5.41) is 3.54. The van der Waals surface area contributed by atoms with Crippen molar-refractivity contribution < 1.29 is 8.42 Å². The highest BCUT2D eigenvalue weighted by Crippen LogP contribution is 2.36. The lowest BCUT2D eigenvalue weighted by atomic mass is 9.76. The van der Waals surface area contributed by atoms with E-state index in [4.69, 9.17) is 0 Å². The van der Waals surface area contributed by atoms with Crippen LogP contribution in [0.1, 0.15) is 58.3 Å². The molecule has 1 atom stereocenters. The first-order valence-corrected chi connectivity index (χ1v) is 9.99. The fourth-order valence-electron chi connectivity index (χ4n) is 3.50. The summed E-state index contributed by atoms with van der Waals surface area (Å²) >= 11 is 0. The van der Waals surface area contributed by atoms with Crippen molar-refractivity contribution in [2.45, 2.75) is 69.9 Å². The molecule has 3 aliphatic rings. The van der Waals surface area contributed by atoms with Gasteiger partial charge in [-0.3, -0.25) is 0 Å². The third kappa shape index (κ3) is 3.78. The summed E-state index contributed by atoms with van der Waals surface area (Å²) in [6.45, 7) is 4.40. The lowest BCUT2D eigenvalue weighted by molar-refractivity contribution is 0.199. The monoisotopic (exact) mass is 315 g/mol. The van der Waals surface area contributed by atoms with Crippen molar-refractivity contribution >= 4 is 10.2 Å². The minimum Gasteiger partial charge on any atom is -0.314 e. The van der Waals surface area contributed by atoms with Crippen LogP contribution >= 0.6 is 0 Å². The zero-order valence-electron chi connectivity index (χ0n) is 13.1. The second-order valence-corrected chi connectivity index (χ2v) is 8.81. The summed E-state index contributed by atoms with van der Waals surface area (Å²) in [5.74, 6) is 0.467. The van der Waals surface area contributed by atoms with Crippen LogP contribution in [0.5, 0.6) is 0 Å². The summed E-state index contributed by atoms with van der Waals surface area (Å²) in [7, 11) is -3.31. The molecule has 0 aromatic carbocycles. The van der Waals surface area contributed by atoms with Crippen LogP contribution in [-0.4, -0.2) is 43.9 Å².